The molecule has 1 aromatic rings. The highest BCUT2D eigenvalue weighted by molar-refractivity contribution is 7.85. The van der Waals surface area contributed by atoms with Gasteiger partial charge < -0.3 is 9.47 Å². The lowest BCUT2D eigenvalue weighted by atomic mass is 10.4. The molecule has 0 saturated carbocycles. The van der Waals surface area contributed by atoms with Gasteiger partial charge in [0.05, 0.1) is 19.6 Å². The Morgan fingerprint density at radius 1 is 1.31 bits per heavy atom. The summed E-state index contributed by atoms with van der Waals surface area (Å²) in [5, 5.41) is 0. The van der Waals surface area contributed by atoms with Crippen LogP contribution in [0, 0.1) is 0 Å². The molecule has 0 spiro atoms. The van der Waals surface area contributed by atoms with Gasteiger partial charge in [-0.2, -0.15) is 8.42 Å². The molecule has 0 aliphatic heterocycles. The van der Waals surface area contributed by atoms with Crippen LogP contribution in [0.1, 0.15) is 0 Å². The predicted octanol–water partition coefficient (Wildman–Crippen LogP) is 0.445. The van der Waals surface area contributed by atoms with Crippen LogP contribution < -0.4 is 9.47 Å². The molecule has 0 N–H and O–H groups in total. The first-order valence-corrected chi connectivity index (χ1v) is 6.30. The van der Waals surface area contributed by atoms with E-state index in [9.17, 15) is 8.42 Å². The van der Waals surface area contributed by atoms with E-state index in [1.165, 1.54) is 13.3 Å². The van der Waals surface area contributed by atoms with Crippen LogP contribution >= 0.6 is 0 Å². The van der Waals surface area contributed by atoms with E-state index in [1.54, 1.807) is 12.1 Å². The van der Waals surface area contributed by atoms with Gasteiger partial charge in [-0.25, -0.2) is 4.98 Å². The lowest BCUT2D eigenvalue weighted by Gasteiger charge is -2.05. The Morgan fingerprint density at radius 3 is 2.56 bits per heavy atom. The summed E-state index contributed by atoms with van der Waals surface area (Å²) >= 11 is 0. The largest absolute Gasteiger partial charge is 0.495 e. The molecular weight excluding hydrogens is 234 g/mol. The number of aromatic nitrogens is 1. The van der Waals surface area contributed by atoms with E-state index >= 15 is 0 Å². The van der Waals surface area contributed by atoms with E-state index in [0.29, 0.717) is 11.6 Å². The third-order valence-electron chi connectivity index (χ3n) is 1.58. The Hall–Kier alpha value is -1.34. The average molecular weight is 247 g/mol. The highest BCUT2D eigenvalue weighted by atomic mass is 32.2. The van der Waals surface area contributed by atoms with Gasteiger partial charge in [0.1, 0.15) is 19.0 Å². The summed E-state index contributed by atoms with van der Waals surface area (Å²) in [5.41, 5.74) is 0. The molecule has 0 aliphatic rings. The standard InChI is InChI=1S/C9H13NO5S/c1-13-8-3-4-9(10-7-8)14-5-6-15-16(2,11)12/h3-4,7H,5-6H2,1-2H3. The Labute approximate surface area is 94.3 Å². The molecule has 0 aliphatic carbocycles. The average Bonchev–Trinajstić information content (AvgIpc) is 2.24. The quantitative estimate of drug-likeness (QED) is 0.536. The molecule has 0 saturated heterocycles. The fraction of sp³-hybridized carbons (Fsp3) is 0.444. The maximum atomic E-state index is 10.6. The Bertz CT molecular complexity index is 414. The SMILES string of the molecule is COc1ccc(OCCOS(C)(=O)=O)nc1. The molecule has 0 radical (unpaired) electrons. The third-order valence-corrected chi connectivity index (χ3v) is 2.17. The van der Waals surface area contributed by atoms with E-state index in [1.807, 2.05) is 0 Å². The Kier molecular flexibility index (Phi) is 4.51. The van der Waals surface area contributed by atoms with Crippen molar-refractivity contribution in [3.8, 4) is 11.6 Å². The number of nitrogens with zero attached hydrogens (tertiary/aromatic N) is 1. The molecule has 1 heterocycles. The van der Waals surface area contributed by atoms with Gasteiger partial charge in [-0.05, 0) is 6.07 Å². The minimum atomic E-state index is -3.41. The van der Waals surface area contributed by atoms with Gasteiger partial charge in [0.15, 0.2) is 0 Å². The summed E-state index contributed by atoms with van der Waals surface area (Å²) in [7, 11) is -1.87. The fourth-order valence-corrected chi connectivity index (χ4v) is 1.28. The molecule has 7 heteroatoms. The van der Waals surface area contributed by atoms with E-state index in [4.69, 9.17) is 9.47 Å². The van der Waals surface area contributed by atoms with Gasteiger partial charge >= 0.3 is 0 Å². The van der Waals surface area contributed by atoms with Gasteiger partial charge in [-0.3, -0.25) is 4.18 Å². The van der Waals surface area contributed by atoms with Crippen molar-refractivity contribution >= 4 is 10.1 Å². The number of ether oxygens (including phenoxy) is 2. The van der Waals surface area contributed by atoms with Crippen molar-refractivity contribution in [2.75, 3.05) is 26.6 Å². The van der Waals surface area contributed by atoms with Gasteiger partial charge in [0, 0.05) is 6.07 Å². The van der Waals surface area contributed by atoms with Crippen molar-refractivity contribution in [2.24, 2.45) is 0 Å². The van der Waals surface area contributed by atoms with Crippen LogP contribution in [0.5, 0.6) is 11.6 Å². The molecule has 0 aromatic carbocycles. The normalized spacial score (nSPS) is 11.1. The third kappa shape index (κ3) is 4.94. The Morgan fingerprint density at radius 2 is 2.06 bits per heavy atom. The topological polar surface area (TPSA) is 74.7 Å². The first-order valence-electron chi connectivity index (χ1n) is 4.48. The van der Waals surface area contributed by atoms with Crippen LogP contribution in [-0.2, 0) is 14.3 Å². The fourth-order valence-electron chi connectivity index (χ4n) is 0.904. The van der Waals surface area contributed by atoms with Crippen LogP contribution in [0.15, 0.2) is 18.3 Å². The zero-order valence-corrected chi connectivity index (χ0v) is 9.86. The summed E-state index contributed by atoms with van der Waals surface area (Å²) in [6.45, 7) is 0.0823. The monoisotopic (exact) mass is 247 g/mol. The molecular formula is C9H13NO5S. The summed E-state index contributed by atoms with van der Waals surface area (Å²) in [5.74, 6) is 1.01. The number of rotatable bonds is 6. The summed E-state index contributed by atoms with van der Waals surface area (Å²) in [4.78, 5) is 3.93. The van der Waals surface area contributed by atoms with Gasteiger partial charge in [-0.1, -0.05) is 0 Å². The number of hydrogen-bond donors (Lipinski definition) is 0. The molecule has 0 fully saturated rings. The van der Waals surface area contributed by atoms with Crippen molar-refractivity contribution in [3.63, 3.8) is 0 Å². The summed E-state index contributed by atoms with van der Waals surface area (Å²) in [6.07, 6.45) is 2.49. The first-order chi connectivity index (χ1) is 7.51. The molecule has 6 nitrogen and oxygen atoms in total. The number of pyridine rings is 1. The summed E-state index contributed by atoms with van der Waals surface area (Å²) < 4.78 is 35.8. The van der Waals surface area contributed by atoms with Crippen LogP contribution in [0.3, 0.4) is 0 Å². The maximum absolute atomic E-state index is 10.6. The Balaban J connectivity index is 2.32. The second-order valence-corrected chi connectivity index (χ2v) is 4.55. The molecule has 0 atom stereocenters. The van der Waals surface area contributed by atoms with E-state index < -0.39 is 10.1 Å². The van der Waals surface area contributed by atoms with Gasteiger partial charge in [0.25, 0.3) is 10.1 Å². The summed E-state index contributed by atoms with van der Waals surface area (Å²) in [6, 6.07) is 3.32. The molecule has 0 amide bonds. The van der Waals surface area contributed by atoms with E-state index in [2.05, 4.69) is 9.17 Å². The van der Waals surface area contributed by atoms with E-state index in [-0.39, 0.29) is 13.2 Å². The van der Waals surface area contributed by atoms with Crippen molar-refractivity contribution < 1.29 is 22.1 Å². The van der Waals surface area contributed by atoms with Crippen molar-refractivity contribution in [3.05, 3.63) is 18.3 Å². The second-order valence-electron chi connectivity index (χ2n) is 2.91. The molecule has 0 unspecified atom stereocenters. The molecule has 0 bridgehead atoms. The molecule has 1 aromatic heterocycles. The molecule has 1 rings (SSSR count). The number of methoxy groups -OCH3 is 1. The second kappa shape index (κ2) is 5.66. The lowest BCUT2D eigenvalue weighted by Crippen LogP contribution is -2.11. The highest BCUT2D eigenvalue weighted by Gasteiger charge is 2.01. The lowest BCUT2D eigenvalue weighted by molar-refractivity contribution is 0.216. The van der Waals surface area contributed by atoms with Crippen molar-refractivity contribution in [1.82, 2.24) is 4.98 Å². The smallest absolute Gasteiger partial charge is 0.264 e. The van der Waals surface area contributed by atoms with Crippen LogP contribution in [0.25, 0.3) is 0 Å². The molecule has 90 valence electrons. The zero-order valence-electron chi connectivity index (χ0n) is 9.04. The predicted molar refractivity (Wildman–Crippen MR) is 57.1 cm³/mol. The van der Waals surface area contributed by atoms with Gasteiger partial charge in [0.2, 0.25) is 5.88 Å². The van der Waals surface area contributed by atoms with Gasteiger partial charge in [-0.15, -0.1) is 0 Å². The molecule has 16 heavy (non-hydrogen) atoms. The van der Waals surface area contributed by atoms with Crippen molar-refractivity contribution in [1.29, 1.82) is 0 Å². The van der Waals surface area contributed by atoms with Crippen LogP contribution in [0.2, 0.25) is 0 Å². The van der Waals surface area contributed by atoms with Crippen LogP contribution in [-0.4, -0.2) is 40.0 Å². The maximum Gasteiger partial charge on any atom is 0.264 e. The minimum absolute atomic E-state index is 0.0352. The van der Waals surface area contributed by atoms with Crippen LogP contribution in [0.4, 0.5) is 0 Å². The number of hydrogen-bond acceptors (Lipinski definition) is 6. The van der Waals surface area contributed by atoms with E-state index in [0.717, 1.165) is 6.26 Å². The zero-order chi connectivity index (χ0) is 12.0. The highest BCUT2D eigenvalue weighted by Crippen LogP contribution is 2.12. The first kappa shape index (κ1) is 12.7. The minimum Gasteiger partial charge on any atom is -0.495 e. The van der Waals surface area contributed by atoms with Crippen molar-refractivity contribution in [2.45, 2.75) is 0 Å².